The molecule has 2 rings (SSSR count). The summed E-state index contributed by atoms with van der Waals surface area (Å²) < 4.78 is 5.32. The number of rotatable bonds is 6. The molecule has 0 aliphatic heterocycles. The Morgan fingerprint density at radius 3 is 2.68 bits per heavy atom. The van der Waals surface area contributed by atoms with Gasteiger partial charge >= 0.3 is 0 Å². The van der Waals surface area contributed by atoms with E-state index in [2.05, 4.69) is 28.0 Å². The monoisotopic (exact) mass is 297 g/mol. The van der Waals surface area contributed by atoms with Crippen molar-refractivity contribution in [3.8, 4) is 5.88 Å². The van der Waals surface area contributed by atoms with Gasteiger partial charge in [-0.2, -0.15) is 16.3 Å². The predicted octanol–water partition coefficient (Wildman–Crippen LogP) is 2.88. The summed E-state index contributed by atoms with van der Waals surface area (Å²) in [6.45, 7) is 3.81. The van der Waals surface area contributed by atoms with Crippen molar-refractivity contribution in [2.45, 2.75) is 20.0 Å². The number of anilines is 1. The van der Waals surface area contributed by atoms with Crippen molar-refractivity contribution in [3.63, 3.8) is 0 Å². The van der Waals surface area contributed by atoms with Crippen molar-refractivity contribution in [3.05, 3.63) is 26.8 Å². The largest absolute Gasteiger partial charge is 0.480 e. The molecule has 2 aromatic rings. The van der Waals surface area contributed by atoms with Gasteiger partial charge in [-0.15, -0.1) is 0 Å². The summed E-state index contributed by atoms with van der Waals surface area (Å²) in [5.41, 5.74) is 2.71. The van der Waals surface area contributed by atoms with Crippen LogP contribution in [-0.4, -0.2) is 26.2 Å². The van der Waals surface area contributed by atoms with E-state index in [1.165, 1.54) is 11.1 Å². The molecule has 0 saturated heterocycles. The Bertz CT molecular complexity index is 534. The first-order chi connectivity index (χ1) is 9.11. The number of ether oxygens (including phenoxy) is 1. The molecule has 104 valence electrons. The number of thiophene rings is 1. The molecule has 0 aliphatic rings. The second kappa shape index (κ2) is 6.36. The number of thiazole rings is 1. The summed E-state index contributed by atoms with van der Waals surface area (Å²) in [7, 11) is 5.65. The lowest BCUT2D eigenvalue weighted by Gasteiger charge is -2.05. The van der Waals surface area contributed by atoms with Crippen LogP contribution in [0.4, 0.5) is 5.13 Å². The van der Waals surface area contributed by atoms with Crippen LogP contribution in [0.3, 0.4) is 0 Å². The van der Waals surface area contributed by atoms with Gasteiger partial charge in [-0.05, 0) is 28.8 Å². The van der Waals surface area contributed by atoms with Crippen LogP contribution in [0.2, 0.25) is 0 Å². The summed E-state index contributed by atoms with van der Waals surface area (Å²) >= 11 is 3.41. The Balaban J connectivity index is 1.97. The number of hydrogen-bond acceptors (Lipinski definition) is 6. The van der Waals surface area contributed by atoms with Gasteiger partial charge in [-0.3, -0.25) is 0 Å². The molecular weight excluding hydrogens is 278 g/mol. The fourth-order valence-corrected chi connectivity index (χ4v) is 3.45. The van der Waals surface area contributed by atoms with Crippen molar-refractivity contribution in [1.29, 1.82) is 0 Å². The van der Waals surface area contributed by atoms with E-state index in [1.54, 1.807) is 29.8 Å². The lowest BCUT2D eigenvalue weighted by atomic mass is 10.2. The van der Waals surface area contributed by atoms with Crippen molar-refractivity contribution < 1.29 is 4.74 Å². The maximum absolute atomic E-state index is 5.32. The molecule has 0 atom stereocenters. The van der Waals surface area contributed by atoms with Crippen molar-refractivity contribution >= 4 is 27.8 Å². The first-order valence-electron chi connectivity index (χ1n) is 6.05. The van der Waals surface area contributed by atoms with Crippen molar-refractivity contribution in [2.24, 2.45) is 0 Å². The first kappa shape index (κ1) is 14.3. The van der Waals surface area contributed by atoms with Crippen LogP contribution in [0.1, 0.15) is 16.0 Å². The highest BCUT2D eigenvalue weighted by Gasteiger charge is 2.12. The van der Waals surface area contributed by atoms with E-state index in [0.29, 0.717) is 0 Å². The molecule has 0 aromatic carbocycles. The minimum atomic E-state index is 0.725. The van der Waals surface area contributed by atoms with Crippen LogP contribution in [0.15, 0.2) is 10.8 Å². The molecule has 0 spiro atoms. The smallest absolute Gasteiger partial charge is 0.230 e. The lowest BCUT2D eigenvalue weighted by molar-refractivity contribution is 0.394. The number of methoxy groups -OCH3 is 1. The molecule has 6 heteroatoms. The molecular formula is C13H19N3OS2. The molecule has 0 bridgehead atoms. The average molecular weight is 297 g/mol. The average Bonchev–Trinajstić information content (AvgIpc) is 2.96. The van der Waals surface area contributed by atoms with Gasteiger partial charge in [0, 0.05) is 27.2 Å². The van der Waals surface area contributed by atoms with Gasteiger partial charge in [-0.25, -0.2) is 0 Å². The molecule has 0 saturated carbocycles. The van der Waals surface area contributed by atoms with Gasteiger partial charge in [0.05, 0.1) is 12.0 Å². The van der Waals surface area contributed by atoms with Gasteiger partial charge in [0.2, 0.25) is 5.88 Å². The minimum absolute atomic E-state index is 0.725. The molecule has 0 amide bonds. The molecule has 19 heavy (non-hydrogen) atoms. The zero-order chi connectivity index (χ0) is 13.8. The fourth-order valence-electron chi connectivity index (χ4n) is 1.67. The minimum Gasteiger partial charge on any atom is -0.480 e. The van der Waals surface area contributed by atoms with Gasteiger partial charge in [-0.1, -0.05) is 11.3 Å². The van der Waals surface area contributed by atoms with Crippen LogP contribution in [-0.2, 0) is 13.1 Å². The Morgan fingerprint density at radius 1 is 1.32 bits per heavy atom. The topological polar surface area (TPSA) is 37.4 Å². The number of nitrogens with one attached hydrogen (secondary N) is 1. The number of aryl methyl sites for hydroxylation is 1. The highest BCUT2D eigenvalue weighted by molar-refractivity contribution is 7.15. The summed E-state index contributed by atoms with van der Waals surface area (Å²) in [4.78, 5) is 7.58. The summed E-state index contributed by atoms with van der Waals surface area (Å²) in [6, 6.07) is 0. The zero-order valence-electron chi connectivity index (χ0n) is 11.7. The molecule has 0 unspecified atom stereocenters. The molecule has 2 heterocycles. The lowest BCUT2D eigenvalue weighted by Crippen LogP contribution is -2.12. The predicted molar refractivity (Wildman–Crippen MR) is 82.6 cm³/mol. The van der Waals surface area contributed by atoms with Crippen molar-refractivity contribution in [2.75, 3.05) is 26.1 Å². The van der Waals surface area contributed by atoms with Gasteiger partial charge in [0.1, 0.15) is 0 Å². The van der Waals surface area contributed by atoms with E-state index in [0.717, 1.165) is 29.0 Å². The highest BCUT2D eigenvalue weighted by Crippen LogP contribution is 2.30. The van der Waals surface area contributed by atoms with Crippen molar-refractivity contribution in [1.82, 2.24) is 10.3 Å². The molecule has 0 fully saturated rings. The second-order valence-corrected chi connectivity index (χ2v) is 6.31. The zero-order valence-corrected chi connectivity index (χ0v) is 13.3. The first-order valence-corrected chi connectivity index (χ1v) is 7.81. The summed E-state index contributed by atoms with van der Waals surface area (Å²) in [5, 5.41) is 8.79. The third-order valence-corrected chi connectivity index (χ3v) is 4.90. The number of nitrogens with zero attached hydrogens (tertiary/aromatic N) is 2. The second-order valence-electron chi connectivity index (χ2n) is 4.51. The van der Waals surface area contributed by atoms with E-state index >= 15 is 0 Å². The van der Waals surface area contributed by atoms with Crippen LogP contribution in [0.5, 0.6) is 5.88 Å². The Labute approximate surface area is 122 Å². The van der Waals surface area contributed by atoms with Gasteiger partial charge < -0.3 is 15.0 Å². The summed E-state index contributed by atoms with van der Waals surface area (Å²) in [6.07, 6.45) is 0. The fraction of sp³-hybridized carbons (Fsp3) is 0.462. The van der Waals surface area contributed by atoms with Crippen LogP contribution >= 0.6 is 22.7 Å². The van der Waals surface area contributed by atoms with Crippen LogP contribution in [0.25, 0.3) is 0 Å². The molecule has 2 aromatic heterocycles. The Morgan fingerprint density at radius 2 is 2.11 bits per heavy atom. The molecule has 0 aliphatic carbocycles. The maximum atomic E-state index is 5.32. The summed E-state index contributed by atoms with van der Waals surface area (Å²) in [5.74, 6) is 0.725. The molecule has 1 N–H and O–H groups in total. The highest BCUT2D eigenvalue weighted by atomic mass is 32.1. The number of hydrogen-bond donors (Lipinski definition) is 1. The molecule has 0 radical (unpaired) electrons. The SMILES string of the molecule is COc1nc(N(C)C)sc1CNCc1cscc1C. The van der Waals surface area contributed by atoms with E-state index in [4.69, 9.17) is 4.74 Å². The van der Waals surface area contributed by atoms with Gasteiger partial charge in [0.15, 0.2) is 5.13 Å². The standard InChI is InChI=1S/C13H19N3OS2/c1-9-7-18-8-10(9)5-14-6-11-12(17-4)15-13(19-11)16(2)3/h7-8,14H,5-6H2,1-4H3. The number of aromatic nitrogens is 1. The van der Waals surface area contributed by atoms with E-state index in [1.807, 2.05) is 19.0 Å². The maximum Gasteiger partial charge on any atom is 0.230 e. The third-order valence-electron chi connectivity index (χ3n) is 2.79. The third kappa shape index (κ3) is 3.46. The van der Waals surface area contributed by atoms with Crippen LogP contribution in [0, 0.1) is 6.92 Å². The Kier molecular flexibility index (Phi) is 4.79. The Hall–Kier alpha value is -1.11. The normalized spacial score (nSPS) is 10.7. The van der Waals surface area contributed by atoms with E-state index < -0.39 is 0 Å². The van der Waals surface area contributed by atoms with Gasteiger partial charge in [0.25, 0.3) is 0 Å². The van der Waals surface area contributed by atoms with E-state index in [-0.39, 0.29) is 0 Å². The van der Waals surface area contributed by atoms with Crippen LogP contribution < -0.4 is 15.0 Å². The molecule has 4 nitrogen and oxygen atoms in total. The quantitative estimate of drug-likeness (QED) is 0.889. The van der Waals surface area contributed by atoms with E-state index in [9.17, 15) is 0 Å².